The summed E-state index contributed by atoms with van der Waals surface area (Å²) in [5, 5.41) is 8.15. The van der Waals surface area contributed by atoms with Crippen molar-refractivity contribution in [2.45, 2.75) is 6.42 Å². The fourth-order valence-corrected chi connectivity index (χ4v) is 2.88. The number of para-hydroxylation sites is 2. The number of hydrogen-bond donors (Lipinski definition) is 3. The molecule has 0 aliphatic carbocycles. The van der Waals surface area contributed by atoms with Gasteiger partial charge in [-0.1, -0.05) is 36.9 Å². The maximum absolute atomic E-state index is 4.05. The van der Waals surface area contributed by atoms with Gasteiger partial charge in [0.2, 0.25) is 0 Å². The minimum atomic E-state index is 0.899. The van der Waals surface area contributed by atoms with Crippen LogP contribution in [0, 0.1) is 0 Å². The molecule has 1 aliphatic rings. The van der Waals surface area contributed by atoms with Crippen LogP contribution in [0.15, 0.2) is 60.8 Å². The highest BCUT2D eigenvalue weighted by Crippen LogP contribution is 2.37. The maximum atomic E-state index is 4.05. The molecule has 4 rings (SSSR count). The Morgan fingerprint density at radius 3 is 2.81 bits per heavy atom. The van der Waals surface area contributed by atoms with Gasteiger partial charge in [0.15, 0.2) is 0 Å². The molecule has 0 radical (unpaired) electrons. The van der Waals surface area contributed by atoms with Gasteiger partial charge < -0.3 is 15.6 Å². The van der Waals surface area contributed by atoms with E-state index in [2.05, 4.69) is 70.7 Å². The zero-order valence-corrected chi connectivity index (χ0v) is 11.7. The van der Waals surface area contributed by atoms with Gasteiger partial charge in [-0.05, 0) is 18.2 Å². The Morgan fingerprint density at radius 1 is 1.00 bits per heavy atom. The number of fused-ring (bicyclic) bond motifs is 2. The van der Waals surface area contributed by atoms with E-state index in [4.69, 9.17) is 0 Å². The predicted octanol–water partition coefficient (Wildman–Crippen LogP) is 4.58. The van der Waals surface area contributed by atoms with E-state index in [1.807, 2.05) is 0 Å². The van der Waals surface area contributed by atoms with Gasteiger partial charge in [-0.2, -0.15) is 0 Å². The smallest absolute Gasteiger partial charge is 0.0674 e. The number of aromatic amines is 1. The lowest BCUT2D eigenvalue weighted by Gasteiger charge is -2.13. The highest BCUT2D eigenvalue weighted by molar-refractivity contribution is 5.92. The quantitative estimate of drug-likeness (QED) is 0.608. The topological polar surface area (TPSA) is 39.9 Å². The van der Waals surface area contributed by atoms with Gasteiger partial charge in [0, 0.05) is 40.8 Å². The van der Waals surface area contributed by atoms with Crippen molar-refractivity contribution in [2.24, 2.45) is 0 Å². The van der Waals surface area contributed by atoms with E-state index in [9.17, 15) is 0 Å². The van der Waals surface area contributed by atoms with Crippen LogP contribution in [0.2, 0.25) is 0 Å². The summed E-state index contributed by atoms with van der Waals surface area (Å²) in [5.41, 5.74) is 6.77. The lowest BCUT2D eigenvalue weighted by Crippen LogP contribution is -2.00. The van der Waals surface area contributed by atoms with Crippen molar-refractivity contribution in [2.75, 3.05) is 17.2 Å². The number of rotatable bonds is 1. The summed E-state index contributed by atoms with van der Waals surface area (Å²) in [5.74, 6) is 0. The largest absolute Gasteiger partial charge is 0.382 e. The van der Waals surface area contributed by atoms with Crippen molar-refractivity contribution >= 4 is 22.3 Å². The average Bonchev–Trinajstić information content (AvgIpc) is 2.82. The fraction of sp³-hybridized carbons (Fsp3) is 0.111. The number of H-pyrrole nitrogens is 1. The van der Waals surface area contributed by atoms with Gasteiger partial charge in [-0.25, -0.2) is 0 Å². The summed E-state index contributed by atoms with van der Waals surface area (Å²) in [7, 11) is 0. The van der Waals surface area contributed by atoms with E-state index >= 15 is 0 Å². The molecule has 3 aromatic rings. The summed E-state index contributed by atoms with van der Waals surface area (Å²) in [6, 6.07) is 16.9. The summed E-state index contributed by atoms with van der Waals surface area (Å²) < 4.78 is 0. The van der Waals surface area contributed by atoms with Crippen LogP contribution < -0.4 is 10.6 Å². The minimum absolute atomic E-state index is 0.899. The van der Waals surface area contributed by atoms with Crippen LogP contribution in [0.4, 0.5) is 11.4 Å². The molecule has 2 heterocycles. The third kappa shape index (κ3) is 2.07. The Labute approximate surface area is 123 Å². The maximum Gasteiger partial charge on any atom is 0.0674 e. The summed E-state index contributed by atoms with van der Waals surface area (Å²) in [6.45, 7) is 4.95. The van der Waals surface area contributed by atoms with E-state index in [1.54, 1.807) is 0 Å². The summed E-state index contributed by atoms with van der Waals surface area (Å²) in [4.78, 5) is 3.50. The van der Waals surface area contributed by atoms with Crippen LogP contribution in [-0.4, -0.2) is 11.5 Å². The van der Waals surface area contributed by atoms with Crippen LogP contribution in [0.25, 0.3) is 22.2 Å². The van der Waals surface area contributed by atoms with Gasteiger partial charge in [0.05, 0.1) is 11.4 Å². The van der Waals surface area contributed by atoms with Crippen molar-refractivity contribution in [3.8, 4) is 11.3 Å². The van der Waals surface area contributed by atoms with Crippen LogP contribution in [0.3, 0.4) is 0 Å². The van der Waals surface area contributed by atoms with E-state index in [0.717, 1.165) is 41.2 Å². The molecule has 3 heteroatoms. The molecule has 104 valence electrons. The molecule has 1 aliphatic heterocycles. The second-order valence-electron chi connectivity index (χ2n) is 5.40. The van der Waals surface area contributed by atoms with E-state index < -0.39 is 0 Å². The molecule has 0 atom stereocenters. The fourth-order valence-electron chi connectivity index (χ4n) is 2.88. The predicted molar refractivity (Wildman–Crippen MR) is 89.6 cm³/mol. The number of benzene rings is 2. The highest BCUT2D eigenvalue weighted by Gasteiger charge is 2.14. The Hall–Kier alpha value is -2.68. The van der Waals surface area contributed by atoms with Crippen LogP contribution in [0.5, 0.6) is 0 Å². The van der Waals surface area contributed by atoms with Crippen molar-refractivity contribution < 1.29 is 0 Å². The van der Waals surface area contributed by atoms with E-state index in [1.165, 1.54) is 10.9 Å². The zero-order chi connectivity index (χ0) is 14.2. The average molecular weight is 275 g/mol. The number of aromatic nitrogens is 1. The van der Waals surface area contributed by atoms with Gasteiger partial charge >= 0.3 is 0 Å². The van der Waals surface area contributed by atoms with Crippen LogP contribution >= 0.6 is 0 Å². The number of nitrogens with one attached hydrogen (secondary N) is 3. The molecule has 21 heavy (non-hydrogen) atoms. The first-order valence-electron chi connectivity index (χ1n) is 7.21. The molecule has 0 spiro atoms. The van der Waals surface area contributed by atoms with Crippen molar-refractivity contribution in [3.63, 3.8) is 0 Å². The van der Waals surface area contributed by atoms with Crippen molar-refractivity contribution in [3.05, 3.63) is 60.8 Å². The molecule has 1 aromatic heterocycles. The van der Waals surface area contributed by atoms with Gasteiger partial charge in [0.25, 0.3) is 0 Å². The first-order chi connectivity index (χ1) is 10.3. The van der Waals surface area contributed by atoms with Gasteiger partial charge in [-0.3, -0.25) is 0 Å². The molecule has 0 saturated carbocycles. The summed E-state index contributed by atoms with van der Waals surface area (Å²) in [6.07, 6.45) is 0.931. The lowest BCUT2D eigenvalue weighted by atomic mass is 10.1. The normalized spacial score (nSPS) is 14.2. The lowest BCUT2D eigenvalue weighted by molar-refractivity contribution is 1.03. The molecule has 2 aromatic carbocycles. The molecule has 0 fully saturated rings. The molecule has 0 bridgehead atoms. The van der Waals surface area contributed by atoms with Crippen LogP contribution in [-0.2, 0) is 0 Å². The number of anilines is 2. The Balaban J connectivity index is 1.88. The van der Waals surface area contributed by atoms with E-state index in [0.29, 0.717) is 0 Å². The third-order valence-corrected chi connectivity index (χ3v) is 3.92. The third-order valence-electron chi connectivity index (χ3n) is 3.92. The van der Waals surface area contributed by atoms with E-state index in [-0.39, 0.29) is 0 Å². The Bertz CT molecular complexity index is 796. The second-order valence-corrected chi connectivity index (χ2v) is 5.40. The van der Waals surface area contributed by atoms with Crippen molar-refractivity contribution in [1.29, 1.82) is 0 Å². The van der Waals surface area contributed by atoms with Crippen LogP contribution in [0.1, 0.15) is 6.42 Å². The minimum Gasteiger partial charge on any atom is -0.382 e. The molecule has 0 unspecified atom stereocenters. The van der Waals surface area contributed by atoms with Gasteiger partial charge in [-0.15, -0.1) is 0 Å². The molecule has 0 saturated heterocycles. The Morgan fingerprint density at radius 2 is 1.90 bits per heavy atom. The second kappa shape index (κ2) is 4.70. The monoisotopic (exact) mass is 275 g/mol. The SMILES string of the molecule is C=C1CCNc2c(cccc2-c2cc3ccccc3[nH]2)N1. The molecular weight excluding hydrogens is 258 g/mol. The molecule has 3 N–H and O–H groups in total. The first kappa shape index (κ1) is 12.1. The van der Waals surface area contributed by atoms with Gasteiger partial charge in [0.1, 0.15) is 0 Å². The molecule has 3 nitrogen and oxygen atoms in total. The highest BCUT2D eigenvalue weighted by atomic mass is 15.0. The van der Waals surface area contributed by atoms with Crippen molar-refractivity contribution in [1.82, 2.24) is 4.98 Å². The number of hydrogen-bond acceptors (Lipinski definition) is 2. The Kier molecular flexibility index (Phi) is 2.71. The molecule has 0 amide bonds. The summed E-state index contributed by atoms with van der Waals surface area (Å²) >= 11 is 0. The first-order valence-corrected chi connectivity index (χ1v) is 7.21. The molecular formula is C18H17N3. The zero-order valence-electron chi connectivity index (χ0n) is 11.7. The standard InChI is InChI=1S/C18H17N3/c1-12-9-10-19-18-14(6-4-8-16(18)20-12)17-11-13-5-2-3-7-15(13)21-17/h2-8,11,19-21H,1,9-10H2.